The summed E-state index contributed by atoms with van der Waals surface area (Å²) in [6, 6.07) is 4.02. The Morgan fingerprint density at radius 2 is 2.05 bits per heavy atom. The van der Waals surface area contributed by atoms with Crippen molar-refractivity contribution in [2.45, 2.75) is 31.7 Å². The molecule has 1 aliphatic carbocycles. The minimum Gasteiger partial charge on any atom is -0.313 e. The highest BCUT2D eigenvalue weighted by Gasteiger charge is 2.19. The van der Waals surface area contributed by atoms with Crippen molar-refractivity contribution in [3.05, 3.63) is 47.3 Å². The highest BCUT2D eigenvalue weighted by Crippen LogP contribution is 2.28. The lowest BCUT2D eigenvalue weighted by molar-refractivity contribution is 0.509. The zero-order valence-electron chi connectivity index (χ0n) is 11.9. The number of hydrogen-bond acceptors (Lipinski definition) is 3. The van der Waals surface area contributed by atoms with Crippen molar-refractivity contribution in [1.29, 1.82) is 0 Å². The molecule has 0 saturated heterocycles. The molecule has 21 heavy (non-hydrogen) atoms. The van der Waals surface area contributed by atoms with Gasteiger partial charge in [0, 0.05) is 29.1 Å². The number of hydrogen-bond donors (Lipinski definition) is 1. The molecule has 1 aromatic heterocycles. The maximum Gasteiger partial charge on any atom is 0.159 e. The molecule has 1 heterocycles. The average molecular weight is 289 g/mol. The molecule has 2 aromatic rings. The van der Waals surface area contributed by atoms with Crippen LogP contribution in [-0.2, 0) is 6.42 Å². The number of rotatable bonds is 2. The van der Waals surface area contributed by atoms with E-state index in [-0.39, 0.29) is 6.04 Å². The third-order valence-corrected chi connectivity index (χ3v) is 3.96. The van der Waals surface area contributed by atoms with E-state index < -0.39 is 11.6 Å². The summed E-state index contributed by atoms with van der Waals surface area (Å²) in [6.07, 6.45) is 6.00. The van der Waals surface area contributed by atoms with Gasteiger partial charge in [-0.1, -0.05) is 6.42 Å². The Labute approximate surface area is 122 Å². The number of nitrogens with zero attached hydrogens (tertiary/aromatic N) is 2. The summed E-state index contributed by atoms with van der Waals surface area (Å²) in [6.45, 7) is 0. The molecule has 0 amide bonds. The molecule has 110 valence electrons. The van der Waals surface area contributed by atoms with Crippen LogP contribution in [0.1, 0.15) is 36.6 Å². The van der Waals surface area contributed by atoms with E-state index in [2.05, 4.69) is 15.3 Å². The molecule has 0 saturated carbocycles. The van der Waals surface area contributed by atoms with Crippen molar-refractivity contribution in [3.8, 4) is 11.4 Å². The second kappa shape index (κ2) is 5.85. The molecule has 0 spiro atoms. The summed E-state index contributed by atoms with van der Waals surface area (Å²) >= 11 is 0. The second-order valence-corrected chi connectivity index (χ2v) is 5.31. The third kappa shape index (κ3) is 2.78. The predicted molar refractivity (Wildman–Crippen MR) is 76.7 cm³/mol. The molecule has 0 bridgehead atoms. The molecule has 1 N–H and O–H groups in total. The molecule has 3 nitrogen and oxygen atoms in total. The Kier molecular flexibility index (Phi) is 3.92. The van der Waals surface area contributed by atoms with Gasteiger partial charge in [0.05, 0.1) is 0 Å². The minimum absolute atomic E-state index is 0.265. The average Bonchev–Trinajstić information content (AvgIpc) is 2.71. The van der Waals surface area contributed by atoms with Gasteiger partial charge >= 0.3 is 0 Å². The Morgan fingerprint density at radius 1 is 1.19 bits per heavy atom. The lowest BCUT2D eigenvalue weighted by Gasteiger charge is -2.16. The number of halogens is 2. The van der Waals surface area contributed by atoms with Gasteiger partial charge in [0.25, 0.3) is 0 Å². The van der Waals surface area contributed by atoms with E-state index in [0.717, 1.165) is 49.1 Å². The molecule has 3 rings (SSSR count). The Bertz CT molecular complexity index is 658. The summed E-state index contributed by atoms with van der Waals surface area (Å²) in [4.78, 5) is 8.90. The standard InChI is InChI=1S/C16H17F2N3/c1-19-14-4-2-3-5-15-11(14)9-20-16(21-15)10-6-7-12(17)13(18)8-10/h6-9,14,19H,2-5H2,1H3. The van der Waals surface area contributed by atoms with E-state index in [1.807, 2.05) is 13.2 Å². The second-order valence-electron chi connectivity index (χ2n) is 5.31. The Morgan fingerprint density at radius 3 is 2.81 bits per heavy atom. The van der Waals surface area contributed by atoms with Crippen molar-refractivity contribution in [2.24, 2.45) is 0 Å². The highest BCUT2D eigenvalue weighted by molar-refractivity contribution is 5.55. The van der Waals surface area contributed by atoms with E-state index in [9.17, 15) is 8.78 Å². The fourth-order valence-electron chi connectivity index (χ4n) is 2.79. The smallest absolute Gasteiger partial charge is 0.159 e. The van der Waals surface area contributed by atoms with Crippen molar-refractivity contribution < 1.29 is 8.78 Å². The first-order valence-corrected chi connectivity index (χ1v) is 7.17. The normalized spacial score (nSPS) is 18.1. The quantitative estimate of drug-likeness (QED) is 0.861. The van der Waals surface area contributed by atoms with Gasteiger partial charge in [0.1, 0.15) is 0 Å². The zero-order chi connectivity index (χ0) is 14.8. The van der Waals surface area contributed by atoms with E-state index in [1.54, 1.807) is 0 Å². The van der Waals surface area contributed by atoms with Crippen LogP contribution in [0.3, 0.4) is 0 Å². The SMILES string of the molecule is CNC1CCCCc2nc(-c3ccc(F)c(F)c3)ncc21. The van der Waals surface area contributed by atoms with Gasteiger partial charge in [-0.15, -0.1) is 0 Å². The molecular weight excluding hydrogens is 272 g/mol. The maximum atomic E-state index is 13.3. The van der Waals surface area contributed by atoms with Gasteiger partial charge in [0.15, 0.2) is 17.5 Å². The van der Waals surface area contributed by atoms with Crippen LogP contribution >= 0.6 is 0 Å². The number of benzene rings is 1. The van der Waals surface area contributed by atoms with Crippen LogP contribution in [0.5, 0.6) is 0 Å². The monoisotopic (exact) mass is 289 g/mol. The van der Waals surface area contributed by atoms with Crippen LogP contribution < -0.4 is 5.32 Å². The van der Waals surface area contributed by atoms with Gasteiger partial charge in [-0.3, -0.25) is 0 Å². The van der Waals surface area contributed by atoms with E-state index in [1.165, 1.54) is 6.07 Å². The highest BCUT2D eigenvalue weighted by atomic mass is 19.2. The molecule has 5 heteroatoms. The molecule has 0 aliphatic heterocycles. The van der Waals surface area contributed by atoms with Crippen molar-refractivity contribution in [1.82, 2.24) is 15.3 Å². The van der Waals surface area contributed by atoms with Crippen molar-refractivity contribution >= 4 is 0 Å². The van der Waals surface area contributed by atoms with Gasteiger partial charge in [-0.05, 0) is 44.5 Å². The Balaban J connectivity index is 2.02. The number of nitrogens with one attached hydrogen (secondary N) is 1. The van der Waals surface area contributed by atoms with Crippen molar-refractivity contribution in [3.63, 3.8) is 0 Å². The van der Waals surface area contributed by atoms with Crippen LogP contribution in [0, 0.1) is 11.6 Å². The first kappa shape index (κ1) is 14.1. The van der Waals surface area contributed by atoms with Crippen molar-refractivity contribution in [2.75, 3.05) is 7.05 Å². The number of aryl methyl sites for hydroxylation is 1. The number of fused-ring (bicyclic) bond motifs is 1. The summed E-state index contributed by atoms with van der Waals surface area (Å²) in [5.74, 6) is -1.28. The fourth-order valence-corrected chi connectivity index (χ4v) is 2.79. The molecular formula is C16H17F2N3. The van der Waals surface area contributed by atoms with E-state index in [4.69, 9.17) is 0 Å². The van der Waals surface area contributed by atoms with E-state index in [0.29, 0.717) is 11.4 Å². The van der Waals surface area contributed by atoms with Crippen LogP contribution in [0.15, 0.2) is 24.4 Å². The first-order chi connectivity index (χ1) is 10.2. The third-order valence-electron chi connectivity index (χ3n) is 3.96. The lowest BCUT2D eigenvalue weighted by atomic mass is 10.0. The fraction of sp³-hybridized carbons (Fsp3) is 0.375. The van der Waals surface area contributed by atoms with Gasteiger partial charge in [0.2, 0.25) is 0 Å². The summed E-state index contributed by atoms with van der Waals surface area (Å²) in [7, 11) is 1.93. The van der Waals surface area contributed by atoms with Crippen LogP contribution in [-0.4, -0.2) is 17.0 Å². The molecule has 0 fully saturated rings. The largest absolute Gasteiger partial charge is 0.313 e. The molecule has 1 atom stereocenters. The van der Waals surface area contributed by atoms with Crippen LogP contribution in [0.2, 0.25) is 0 Å². The summed E-state index contributed by atoms with van der Waals surface area (Å²) < 4.78 is 26.4. The molecule has 1 unspecified atom stereocenters. The zero-order valence-corrected chi connectivity index (χ0v) is 11.9. The summed E-state index contributed by atoms with van der Waals surface area (Å²) in [5.41, 5.74) is 2.62. The van der Waals surface area contributed by atoms with Gasteiger partial charge in [-0.25, -0.2) is 18.7 Å². The van der Waals surface area contributed by atoms with E-state index >= 15 is 0 Å². The number of aromatic nitrogens is 2. The minimum atomic E-state index is -0.876. The topological polar surface area (TPSA) is 37.8 Å². The molecule has 1 aliphatic rings. The van der Waals surface area contributed by atoms with Gasteiger partial charge in [-0.2, -0.15) is 0 Å². The van der Waals surface area contributed by atoms with Gasteiger partial charge < -0.3 is 5.32 Å². The molecule has 1 aromatic carbocycles. The molecule has 0 radical (unpaired) electrons. The Hall–Kier alpha value is -1.88. The summed E-state index contributed by atoms with van der Waals surface area (Å²) in [5, 5.41) is 3.29. The predicted octanol–water partition coefficient (Wildman–Crippen LogP) is 3.41. The lowest BCUT2D eigenvalue weighted by Crippen LogP contribution is -2.17. The maximum absolute atomic E-state index is 13.3. The first-order valence-electron chi connectivity index (χ1n) is 7.17. The van der Waals surface area contributed by atoms with Crippen LogP contribution in [0.25, 0.3) is 11.4 Å². The van der Waals surface area contributed by atoms with Crippen LogP contribution in [0.4, 0.5) is 8.78 Å².